The Bertz CT molecular complexity index is 417. The summed E-state index contributed by atoms with van der Waals surface area (Å²) in [4.78, 5) is 23.8. The van der Waals surface area contributed by atoms with Crippen LogP contribution in [0.15, 0.2) is 28.7 Å². The van der Waals surface area contributed by atoms with E-state index in [9.17, 15) is 9.59 Å². The first kappa shape index (κ1) is 14.7. The third kappa shape index (κ3) is 5.31. The van der Waals surface area contributed by atoms with Crippen LogP contribution in [0, 0.1) is 0 Å². The summed E-state index contributed by atoms with van der Waals surface area (Å²) in [6.45, 7) is 2.27. The Morgan fingerprint density at radius 3 is 2.44 bits per heavy atom. The molecule has 1 aromatic rings. The number of amides is 1. The van der Waals surface area contributed by atoms with E-state index in [1.165, 1.54) is 11.8 Å². The van der Waals surface area contributed by atoms with E-state index in [1.807, 2.05) is 24.3 Å². The van der Waals surface area contributed by atoms with Gasteiger partial charge in [0.05, 0.1) is 13.0 Å². The summed E-state index contributed by atoms with van der Waals surface area (Å²) in [6.07, 6.45) is -0.0468. The second kappa shape index (κ2) is 7.16. The van der Waals surface area contributed by atoms with E-state index < -0.39 is 0 Å². The molecule has 0 unspecified atom stereocenters. The van der Waals surface area contributed by atoms with E-state index >= 15 is 0 Å². The Balaban J connectivity index is 2.31. The molecule has 4 nitrogen and oxygen atoms in total. The molecule has 0 saturated heterocycles. The highest BCUT2D eigenvalue weighted by Gasteiger charge is 2.10. The summed E-state index contributed by atoms with van der Waals surface area (Å²) in [5.41, 5.74) is 0. The molecule has 18 heavy (non-hydrogen) atoms. The molecule has 0 saturated carbocycles. The quantitative estimate of drug-likeness (QED) is 0.757. The maximum atomic E-state index is 11.5. The van der Waals surface area contributed by atoms with Gasteiger partial charge in [0.2, 0.25) is 5.91 Å². The van der Waals surface area contributed by atoms with Gasteiger partial charge in [-0.1, -0.05) is 15.9 Å². The molecular weight excluding hydrogens is 298 g/mol. The number of Topliss-reactive ketones (excluding diaryl/α,β-unsaturated/α-hetero) is 1. The smallest absolute Gasteiger partial charge is 0.229 e. The topological polar surface area (TPSA) is 46.6 Å². The van der Waals surface area contributed by atoms with Crippen LogP contribution in [-0.4, -0.2) is 36.8 Å². The molecule has 1 amide bonds. The van der Waals surface area contributed by atoms with E-state index in [0.29, 0.717) is 13.2 Å². The van der Waals surface area contributed by atoms with E-state index in [1.54, 1.807) is 7.05 Å². The van der Waals surface area contributed by atoms with Crippen LogP contribution in [0.3, 0.4) is 0 Å². The standard InChI is InChI=1S/C13H16BrNO3/c1-10(16)9-13(17)15(2)7-8-18-12-5-3-11(14)4-6-12/h3-6H,7-9H2,1-2H3. The van der Waals surface area contributed by atoms with Gasteiger partial charge in [0, 0.05) is 11.5 Å². The fourth-order valence-electron chi connectivity index (χ4n) is 1.30. The highest BCUT2D eigenvalue weighted by molar-refractivity contribution is 9.10. The lowest BCUT2D eigenvalue weighted by Gasteiger charge is -2.16. The molecule has 0 radical (unpaired) electrons. The van der Waals surface area contributed by atoms with Crippen LogP contribution in [0.5, 0.6) is 5.75 Å². The highest BCUT2D eigenvalue weighted by atomic mass is 79.9. The Labute approximate surface area is 115 Å². The Morgan fingerprint density at radius 1 is 1.28 bits per heavy atom. The zero-order chi connectivity index (χ0) is 13.5. The van der Waals surface area contributed by atoms with Crippen molar-refractivity contribution in [3.05, 3.63) is 28.7 Å². The predicted octanol–water partition coefficient (Wildman–Crippen LogP) is 2.27. The maximum Gasteiger partial charge on any atom is 0.229 e. The summed E-state index contributed by atoms with van der Waals surface area (Å²) in [5.74, 6) is 0.452. The number of rotatable bonds is 6. The first-order chi connectivity index (χ1) is 8.49. The molecule has 0 aliphatic rings. The minimum absolute atomic E-state index is 0.0468. The summed E-state index contributed by atoms with van der Waals surface area (Å²) in [6, 6.07) is 7.48. The van der Waals surface area contributed by atoms with Crippen LogP contribution in [0.1, 0.15) is 13.3 Å². The first-order valence-electron chi connectivity index (χ1n) is 5.61. The van der Waals surface area contributed by atoms with Gasteiger partial charge in [0.25, 0.3) is 0 Å². The Morgan fingerprint density at radius 2 is 1.89 bits per heavy atom. The normalized spacial score (nSPS) is 9.94. The van der Waals surface area contributed by atoms with E-state index in [-0.39, 0.29) is 18.1 Å². The van der Waals surface area contributed by atoms with Crippen molar-refractivity contribution in [1.29, 1.82) is 0 Å². The molecule has 0 bridgehead atoms. The molecule has 5 heteroatoms. The highest BCUT2D eigenvalue weighted by Crippen LogP contribution is 2.15. The molecule has 0 heterocycles. The van der Waals surface area contributed by atoms with Crippen LogP contribution < -0.4 is 4.74 Å². The van der Waals surface area contributed by atoms with Gasteiger partial charge in [0.1, 0.15) is 18.1 Å². The summed E-state index contributed by atoms with van der Waals surface area (Å²) in [7, 11) is 1.66. The number of hydrogen-bond donors (Lipinski definition) is 0. The van der Waals surface area contributed by atoms with Crippen molar-refractivity contribution in [3.63, 3.8) is 0 Å². The van der Waals surface area contributed by atoms with E-state index in [4.69, 9.17) is 4.74 Å². The lowest BCUT2D eigenvalue weighted by molar-refractivity contribution is -0.134. The number of carbonyl (C=O) groups excluding carboxylic acids is 2. The first-order valence-corrected chi connectivity index (χ1v) is 6.40. The minimum Gasteiger partial charge on any atom is -0.492 e. The van der Waals surface area contributed by atoms with E-state index in [0.717, 1.165) is 10.2 Å². The van der Waals surface area contributed by atoms with Crippen LogP contribution in [0.25, 0.3) is 0 Å². The zero-order valence-corrected chi connectivity index (χ0v) is 12.1. The van der Waals surface area contributed by atoms with Crippen LogP contribution in [0.4, 0.5) is 0 Å². The third-order valence-electron chi connectivity index (χ3n) is 2.33. The molecule has 1 rings (SSSR count). The lowest BCUT2D eigenvalue weighted by atomic mass is 10.3. The molecule has 0 fully saturated rings. The molecule has 0 spiro atoms. The van der Waals surface area contributed by atoms with Crippen LogP contribution >= 0.6 is 15.9 Å². The number of nitrogens with zero attached hydrogens (tertiary/aromatic N) is 1. The van der Waals surface area contributed by atoms with E-state index in [2.05, 4.69) is 15.9 Å². The largest absolute Gasteiger partial charge is 0.492 e. The zero-order valence-electron chi connectivity index (χ0n) is 10.5. The number of ether oxygens (including phenoxy) is 1. The monoisotopic (exact) mass is 313 g/mol. The number of carbonyl (C=O) groups is 2. The van der Waals surface area contributed by atoms with Crippen molar-refractivity contribution >= 4 is 27.6 Å². The van der Waals surface area contributed by atoms with Crippen LogP contribution in [-0.2, 0) is 9.59 Å². The maximum absolute atomic E-state index is 11.5. The molecule has 1 aromatic carbocycles. The van der Waals surface area contributed by atoms with Gasteiger partial charge < -0.3 is 9.64 Å². The fourth-order valence-corrected chi connectivity index (χ4v) is 1.57. The van der Waals surface area contributed by atoms with Gasteiger partial charge in [-0.3, -0.25) is 9.59 Å². The third-order valence-corrected chi connectivity index (χ3v) is 2.86. The number of likely N-dealkylation sites (N-methyl/N-ethyl adjacent to an activating group) is 1. The van der Waals surface area contributed by atoms with Crippen LogP contribution in [0.2, 0.25) is 0 Å². The average Bonchev–Trinajstić information content (AvgIpc) is 2.30. The van der Waals surface area contributed by atoms with Gasteiger partial charge in [0.15, 0.2) is 0 Å². The number of ketones is 1. The van der Waals surface area contributed by atoms with Gasteiger partial charge >= 0.3 is 0 Å². The van der Waals surface area contributed by atoms with Crippen molar-refractivity contribution in [2.45, 2.75) is 13.3 Å². The second-order valence-electron chi connectivity index (χ2n) is 4.00. The van der Waals surface area contributed by atoms with Crippen molar-refractivity contribution in [2.24, 2.45) is 0 Å². The predicted molar refractivity (Wildman–Crippen MR) is 72.6 cm³/mol. The minimum atomic E-state index is -0.179. The fraction of sp³-hybridized carbons (Fsp3) is 0.385. The van der Waals surface area contributed by atoms with Crippen molar-refractivity contribution in [1.82, 2.24) is 4.90 Å². The lowest BCUT2D eigenvalue weighted by Crippen LogP contribution is -2.31. The van der Waals surface area contributed by atoms with Gasteiger partial charge in [-0.15, -0.1) is 0 Å². The molecule has 0 atom stereocenters. The number of benzene rings is 1. The Hall–Kier alpha value is -1.36. The average molecular weight is 314 g/mol. The van der Waals surface area contributed by atoms with Gasteiger partial charge in [-0.05, 0) is 31.2 Å². The second-order valence-corrected chi connectivity index (χ2v) is 4.91. The SMILES string of the molecule is CC(=O)CC(=O)N(C)CCOc1ccc(Br)cc1. The molecule has 0 aromatic heterocycles. The summed E-state index contributed by atoms with van der Waals surface area (Å²) in [5, 5.41) is 0. The molecule has 98 valence electrons. The molecule has 0 aliphatic heterocycles. The van der Waals surface area contributed by atoms with Crippen molar-refractivity contribution < 1.29 is 14.3 Å². The molecule has 0 N–H and O–H groups in total. The molecular formula is C13H16BrNO3. The number of halogens is 1. The summed E-state index contributed by atoms with van der Waals surface area (Å²) < 4.78 is 6.48. The van der Waals surface area contributed by atoms with Crippen molar-refractivity contribution in [3.8, 4) is 5.75 Å². The number of hydrogen-bond acceptors (Lipinski definition) is 3. The Kier molecular flexibility index (Phi) is 5.85. The van der Waals surface area contributed by atoms with Gasteiger partial charge in [-0.2, -0.15) is 0 Å². The van der Waals surface area contributed by atoms with Crippen molar-refractivity contribution in [2.75, 3.05) is 20.2 Å². The molecule has 0 aliphatic carbocycles. The van der Waals surface area contributed by atoms with Gasteiger partial charge in [-0.25, -0.2) is 0 Å². The summed E-state index contributed by atoms with van der Waals surface area (Å²) >= 11 is 3.34.